The first kappa shape index (κ1) is 15.7. The molecule has 1 amide bonds. The summed E-state index contributed by atoms with van der Waals surface area (Å²) >= 11 is 0. The summed E-state index contributed by atoms with van der Waals surface area (Å²) in [5, 5.41) is 2.84. The summed E-state index contributed by atoms with van der Waals surface area (Å²) in [6.07, 6.45) is 0. The van der Waals surface area contributed by atoms with Gasteiger partial charge in [0.05, 0.1) is 6.61 Å². The molecular weight excluding hydrogens is 240 g/mol. The molecule has 0 aliphatic heterocycles. The average molecular weight is 259 g/mol. The minimum absolute atomic E-state index is 0. The van der Waals surface area contributed by atoms with Gasteiger partial charge < -0.3 is 15.8 Å². The Labute approximate surface area is 108 Å². The molecular formula is C12H19ClN2O2. The molecule has 0 fully saturated rings. The highest BCUT2D eigenvalue weighted by Crippen LogP contribution is 2.06. The van der Waals surface area contributed by atoms with Crippen molar-refractivity contribution in [2.24, 2.45) is 5.92 Å². The molecule has 1 rings (SSSR count). The van der Waals surface area contributed by atoms with Gasteiger partial charge in [0.2, 0.25) is 0 Å². The molecule has 0 aliphatic rings. The third-order valence-electron chi connectivity index (χ3n) is 2.21. The molecule has 1 unspecified atom stereocenters. The number of nitrogen functional groups attached to an aromatic ring is 1. The van der Waals surface area contributed by atoms with E-state index in [0.717, 1.165) is 0 Å². The number of carbonyl (C=O) groups is 1. The topological polar surface area (TPSA) is 64.3 Å². The molecule has 5 heteroatoms. The molecule has 96 valence electrons. The molecule has 0 saturated carbocycles. The van der Waals surface area contributed by atoms with Crippen LogP contribution < -0.4 is 11.1 Å². The van der Waals surface area contributed by atoms with E-state index in [4.69, 9.17) is 10.5 Å². The molecule has 0 heterocycles. The van der Waals surface area contributed by atoms with Gasteiger partial charge in [-0.3, -0.25) is 4.79 Å². The van der Waals surface area contributed by atoms with Crippen LogP contribution in [0.15, 0.2) is 24.3 Å². The SMILES string of the molecule is COCC(C)CNC(=O)c1cccc(N)c1.Cl. The van der Waals surface area contributed by atoms with Gasteiger partial charge in [0.1, 0.15) is 0 Å². The molecule has 0 aliphatic carbocycles. The number of nitrogens with two attached hydrogens (primary N) is 1. The predicted octanol–water partition coefficient (Wildman–Crippen LogP) is 1.70. The maximum absolute atomic E-state index is 11.7. The number of nitrogens with one attached hydrogen (secondary N) is 1. The van der Waals surface area contributed by atoms with E-state index in [-0.39, 0.29) is 18.3 Å². The minimum Gasteiger partial charge on any atom is -0.399 e. The van der Waals surface area contributed by atoms with Crippen molar-refractivity contribution in [1.29, 1.82) is 0 Å². The van der Waals surface area contributed by atoms with Crippen molar-refractivity contribution in [3.8, 4) is 0 Å². The van der Waals surface area contributed by atoms with E-state index in [2.05, 4.69) is 5.32 Å². The van der Waals surface area contributed by atoms with Gasteiger partial charge in [0, 0.05) is 24.9 Å². The summed E-state index contributed by atoms with van der Waals surface area (Å²) in [6.45, 7) is 3.25. The van der Waals surface area contributed by atoms with E-state index in [1.54, 1.807) is 31.4 Å². The normalized spacial score (nSPS) is 11.4. The van der Waals surface area contributed by atoms with Crippen LogP contribution in [0, 0.1) is 5.92 Å². The molecule has 0 bridgehead atoms. The number of carbonyl (C=O) groups excluding carboxylic acids is 1. The number of benzene rings is 1. The van der Waals surface area contributed by atoms with Crippen LogP contribution in [-0.4, -0.2) is 26.2 Å². The van der Waals surface area contributed by atoms with Crippen molar-refractivity contribution in [3.63, 3.8) is 0 Å². The first-order valence-corrected chi connectivity index (χ1v) is 5.26. The quantitative estimate of drug-likeness (QED) is 0.791. The zero-order chi connectivity index (χ0) is 12.0. The van der Waals surface area contributed by atoms with E-state index in [1.807, 2.05) is 6.92 Å². The van der Waals surface area contributed by atoms with E-state index < -0.39 is 0 Å². The maximum atomic E-state index is 11.7. The monoisotopic (exact) mass is 258 g/mol. The number of rotatable bonds is 5. The molecule has 0 spiro atoms. The summed E-state index contributed by atoms with van der Waals surface area (Å²) in [7, 11) is 1.65. The summed E-state index contributed by atoms with van der Waals surface area (Å²) in [5.74, 6) is 0.199. The van der Waals surface area contributed by atoms with Crippen molar-refractivity contribution in [1.82, 2.24) is 5.32 Å². The molecule has 3 N–H and O–H groups in total. The Morgan fingerprint density at radius 2 is 2.24 bits per heavy atom. The lowest BCUT2D eigenvalue weighted by Crippen LogP contribution is -2.29. The van der Waals surface area contributed by atoms with Gasteiger partial charge in [0.15, 0.2) is 0 Å². The molecule has 0 aromatic heterocycles. The second kappa shape index (κ2) is 7.92. The lowest BCUT2D eigenvalue weighted by atomic mass is 10.1. The van der Waals surface area contributed by atoms with Gasteiger partial charge in [0.25, 0.3) is 5.91 Å². The Balaban J connectivity index is 0.00000256. The van der Waals surface area contributed by atoms with Crippen LogP contribution in [0.1, 0.15) is 17.3 Å². The van der Waals surface area contributed by atoms with E-state index in [1.165, 1.54) is 0 Å². The molecule has 1 aromatic carbocycles. The van der Waals surface area contributed by atoms with Crippen LogP contribution in [0.2, 0.25) is 0 Å². The second-order valence-corrected chi connectivity index (χ2v) is 3.90. The summed E-state index contributed by atoms with van der Waals surface area (Å²) < 4.78 is 4.99. The van der Waals surface area contributed by atoms with Crippen LogP contribution in [0.3, 0.4) is 0 Å². The predicted molar refractivity (Wildman–Crippen MR) is 71.5 cm³/mol. The maximum Gasteiger partial charge on any atom is 0.251 e. The van der Waals surface area contributed by atoms with Crippen molar-refractivity contribution in [3.05, 3.63) is 29.8 Å². The number of halogens is 1. The molecule has 1 atom stereocenters. The van der Waals surface area contributed by atoms with Crippen LogP contribution in [0.4, 0.5) is 5.69 Å². The smallest absolute Gasteiger partial charge is 0.251 e. The Morgan fingerprint density at radius 3 is 2.82 bits per heavy atom. The molecule has 1 aromatic rings. The van der Waals surface area contributed by atoms with Gasteiger partial charge in [-0.25, -0.2) is 0 Å². The first-order valence-electron chi connectivity index (χ1n) is 5.26. The van der Waals surface area contributed by atoms with Crippen LogP contribution in [0.25, 0.3) is 0 Å². The van der Waals surface area contributed by atoms with Crippen molar-refractivity contribution in [2.75, 3.05) is 26.0 Å². The van der Waals surface area contributed by atoms with Crippen molar-refractivity contribution >= 4 is 24.0 Å². The molecule has 0 saturated heterocycles. The number of methoxy groups -OCH3 is 1. The van der Waals surface area contributed by atoms with Crippen LogP contribution in [0.5, 0.6) is 0 Å². The fraction of sp³-hybridized carbons (Fsp3) is 0.417. The van der Waals surface area contributed by atoms with Gasteiger partial charge >= 0.3 is 0 Å². The minimum atomic E-state index is -0.102. The fourth-order valence-corrected chi connectivity index (χ4v) is 1.39. The average Bonchev–Trinajstić information content (AvgIpc) is 2.26. The molecule has 4 nitrogen and oxygen atoms in total. The standard InChI is InChI=1S/C12H18N2O2.ClH/c1-9(8-16-2)7-14-12(15)10-4-3-5-11(13)6-10;/h3-6,9H,7-8,13H2,1-2H3,(H,14,15);1H. The van der Waals surface area contributed by atoms with Crippen molar-refractivity contribution < 1.29 is 9.53 Å². The fourth-order valence-electron chi connectivity index (χ4n) is 1.39. The zero-order valence-corrected chi connectivity index (χ0v) is 10.9. The lowest BCUT2D eigenvalue weighted by molar-refractivity contribution is 0.0934. The number of amides is 1. The Bertz CT molecular complexity index is 358. The lowest BCUT2D eigenvalue weighted by Gasteiger charge is -2.11. The number of ether oxygens (including phenoxy) is 1. The van der Waals surface area contributed by atoms with E-state index in [0.29, 0.717) is 30.3 Å². The highest BCUT2D eigenvalue weighted by molar-refractivity contribution is 5.94. The summed E-state index contributed by atoms with van der Waals surface area (Å²) in [6, 6.07) is 6.93. The zero-order valence-electron chi connectivity index (χ0n) is 10.1. The summed E-state index contributed by atoms with van der Waals surface area (Å²) in [4.78, 5) is 11.7. The summed E-state index contributed by atoms with van der Waals surface area (Å²) in [5.41, 5.74) is 6.78. The highest BCUT2D eigenvalue weighted by atomic mass is 35.5. The second-order valence-electron chi connectivity index (χ2n) is 3.90. The van der Waals surface area contributed by atoms with E-state index in [9.17, 15) is 4.79 Å². The largest absolute Gasteiger partial charge is 0.399 e. The third-order valence-corrected chi connectivity index (χ3v) is 2.21. The molecule has 17 heavy (non-hydrogen) atoms. The molecule has 0 radical (unpaired) electrons. The van der Waals surface area contributed by atoms with Gasteiger partial charge in [-0.05, 0) is 24.1 Å². The Kier molecular flexibility index (Phi) is 7.34. The van der Waals surface area contributed by atoms with Crippen LogP contribution >= 0.6 is 12.4 Å². The van der Waals surface area contributed by atoms with Gasteiger partial charge in [-0.2, -0.15) is 0 Å². The number of hydrogen-bond donors (Lipinski definition) is 2. The first-order chi connectivity index (χ1) is 7.63. The van der Waals surface area contributed by atoms with Crippen molar-refractivity contribution in [2.45, 2.75) is 6.92 Å². The van der Waals surface area contributed by atoms with Gasteiger partial charge in [-0.1, -0.05) is 13.0 Å². The number of hydrogen-bond acceptors (Lipinski definition) is 3. The van der Waals surface area contributed by atoms with E-state index >= 15 is 0 Å². The Hall–Kier alpha value is -1.26. The highest BCUT2D eigenvalue weighted by Gasteiger charge is 2.07. The number of anilines is 1. The van der Waals surface area contributed by atoms with Crippen LogP contribution in [-0.2, 0) is 4.74 Å². The third kappa shape index (κ3) is 5.56. The van der Waals surface area contributed by atoms with Gasteiger partial charge in [-0.15, -0.1) is 12.4 Å². The Morgan fingerprint density at radius 1 is 1.53 bits per heavy atom.